The summed E-state index contributed by atoms with van der Waals surface area (Å²) in [5.74, 6) is -1.80. The molecule has 0 aromatic carbocycles. The van der Waals surface area contributed by atoms with Crippen LogP contribution in [0, 0.1) is 0 Å². The van der Waals surface area contributed by atoms with Crippen molar-refractivity contribution in [1.82, 2.24) is 0 Å². The summed E-state index contributed by atoms with van der Waals surface area (Å²) < 4.78 is 27.8. The van der Waals surface area contributed by atoms with Crippen molar-refractivity contribution in [2.45, 2.75) is 63.7 Å². The van der Waals surface area contributed by atoms with Gasteiger partial charge in [0.25, 0.3) is 0 Å². The zero-order valence-corrected chi connectivity index (χ0v) is 11.0. The lowest BCUT2D eigenvalue weighted by Gasteiger charge is -2.25. The summed E-state index contributed by atoms with van der Waals surface area (Å²) in [6.07, 6.45) is -1.85. The van der Waals surface area contributed by atoms with Crippen molar-refractivity contribution in [3.8, 4) is 0 Å². The molecule has 6 nitrogen and oxygen atoms in total. The normalized spacial score (nSPS) is 45.0. The van der Waals surface area contributed by atoms with Crippen LogP contribution in [0.2, 0.25) is 0 Å². The van der Waals surface area contributed by atoms with E-state index < -0.39 is 29.9 Å². The van der Waals surface area contributed by atoms with E-state index in [1.54, 1.807) is 13.8 Å². The van der Waals surface area contributed by atoms with Crippen LogP contribution in [0.1, 0.15) is 27.7 Å². The molecule has 18 heavy (non-hydrogen) atoms. The van der Waals surface area contributed by atoms with Crippen molar-refractivity contribution in [2.75, 3.05) is 6.61 Å². The van der Waals surface area contributed by atoms with E-state index in [9.17, 15) is 4.79 Å². The molecule has 0 amide bonds. The van der Waals surface area contributed by atoms with E-state index in [0.717, 1.165) is 0 Å². The van der Waals surface area contributed by atoms with Gasteiger partial charge in [-0.15, -0.1) is 0 Å². The quantitative estimate of drug-likeness (QED) is 0.641. The van der Waals surface area contributed by atoms with Crippen molar-refractivity contribution < 1.29 is 28.5 Å². The predicted octanol–water partition coefficient (Wildman–Crippen LogP) is 0.583. The number of carbonyl (C=O) groups excluding carboxylic acids is 1. The van der Waals surface area contributed by atoms with Crippen molar-refractivity contribution in [3.05, 3.63) is 0 Å². The van der Waals surface area contributed by atoms with E-state index >= 15 is 0 Å². The molecule has 3 aliphatic heterocycles. The Balaban J connectivity index is 1.77. The second-order valence-electron chi connectivity index (χ2n) is 5.79. The lowest BCUT2D eigenvalue weighted by atomic mass is 10.1. The van der Waals surface area contributed by atoms with Gasteiger partial charge in [-0.1, -0.05) is 0 Å². The van der Waals surface area contributed by atoms with Gasteiger partial charge in [-0.25, -0.2) is 4.79 Å². The number of rotatable bonds is 1. The summed E-state index contributed by atoms with van der Waals surface area (Å²) >= 11 is 0. The molecule has 0 aromatic rings. The third kappa shape index (κ3) is 1.93. The summed E-state index contributed by atoms with van der Waals surface area (Å²) in [6, 6.07) is 0. The van der Waals surface area contributed by atoms with Gasteiger partial charge in [0, 0.05) is 0 Å². The fourth-order valence-corrected chi connectivity index (χ4v) is 2.64. The summed E-state index contributed by atoms with van der Waals surface area (Å²) in [5.41, 5.74) is 0. The fraction of sp³-hybridized carbons (Fsp3) is 0.917. The fourth-order valence-electron chi connectivity index (χ4n) is 2.64. The molecule has 0 saturated carbocycles. The molecule has 4 atom stereocenters. The molecule has 0 aromatic heterocycles. The SMILES string of the molecule is CC1(C)OCC([C@@H]2OC(=O)C3OC(C)(C)OC32)O1. The Labute approximate surface area is 105 Å². The van der Waals surface area contributed by atoms with Crippen LogP contribution >= 0.6 is 0 Å². The van der Waals surface area contributed by atoms with Crippen LogP contribution < -0.4 is 0 Å². The first kappa shape index (κ1) is 12.3. The Morgan fingerprint density at radius 1 is 1.00 bits per heavy atom. The van der Waals surface area contributed by atoms with Gasteiger partial charge in [0.05, 0.1) is 6.61 Å². The van der Waals surface area contributed by atoms with Gasteiger partial charge in [0.1, 0.15) is 12.2 Å². The van der Waals surface area contributed by atoms with Crippen LogP contribution in [0.25, 0.3) is 0 Å². The van der Waals surface area contributed by atoms with Crippen LogP contribution in [-0.2, 0) is 28.5 Å². The summed E-state index contributed by atoms with van der Waals surface area (Å²) in [4.78, 5) is 11.7. The van der Waals surface area contributed by atoms with E-state index in [-0.39, 0.29) is 12.1 Å². The molecular weight excluding hydrogens is 240 g/mol. The summed E-state index contributed by atoms with van der Waals surface area (Å²) in [7, 11) is 0. The second kappa shape index (κ2) is 3.66. The van der Waals surface area contributed by atoms with Crippen molar-refractivity contribution in [3.63, 3.8) is 0 Å². The van der Waals surface area contributed by atoms with Gasteiger partial charge in [0.2, 0.25) is 0 Å². The number of hydrogen-bond donors (Lipinski definition) is 0. The van der Waals surface area contributed by atoms with Crippen molar-refractivity contribution >= 4 is 5.97 Å². The molecule has 6 heteroatoms. The standard InChI is InChI=1S/C12H18O6/c1-11(2)14-5-6(16-11)7-8-9(10(13)15-7)18-12(3,4)17-8/h6-9H,5H2,1-4H3/t6?,7-,8?,9?/m0/s1. The third-order valence-corrected chi connectivity index (χ3v) is 3.33. The Kier molecular flexibility index (Phi) is 2.51. The highest BCUT2D eigenvalue weighted by Crippen LogP contribution is 2.39. The molecule has 0 radical (unpaired) electrons. The zero-order chi connectivity index (χ0) is 13.1. The first-order chi connectivity index (χ1) is 8.27. The number of ether oxygens (including phenoxy) is 5. The molecule has 3 unspecified atom stereocenters. The van der Waals surface area contributed by atoms with E-state index in [1.807, 2.05) is 13.8 Å². The second-order valence-corrected chi connectivity index (χ2v) is 5.79. The highest BCUT2D eigenvalue weighted by molar-refractivity contribution is 5.78. The van der Waals surface area contributed by atoms with Gasteiger partial charge < -0.3 is 23.7 Å². The van der Waals surface area contributed by atoms with Gasteiger partial charge in [0.15, 0.2) is 23.8 Å². The molecule has 0 aliphatic carbocycles. The molecule has 3 fully saturated rings. The largest absolute Gasteiger partial charge is 0.455 e. The summed E-state index contributed by atoms with van der Waals surface area (Å²) in [6.45, 7) is 7.61. The molecule has 102 valence electrons. The topological polar surface area (TPSA) is 63.2 Å². The van der Waals surface area contributed by atoms with Gasteiger partial charge in [-0.3, -0.25) is 0 Å². The molecule has 0 N–H and O–H groups in total. The van der Waals surface area contributed by atoms with Gasteiger partial charge >= 0.3 is 5.97 Å². The minimum atomic E-state index is -0.762. The number of fused-ring (bicyclic) bond motifs is 1. The highest BCUT2D eigenvalue weighted by Gasteiger charge is 2.59. The van der Waals surface area contributed by atoms with E-state index in [2.05, 4.69) is 0 Å². The molecule has 3 saturated heterocycles. The molecule has 3 heterocycles. The maximum atomic E-state index is 11.7. The van der Waals surface area contributed by atoms with Gasteiger partial charge in [-0.05, 0) is 27.7 Å². The number of cyclic esters (lactones) is 1. The zero-order valence-electron chi connectivity index (χ0n) is 11.0. The average molecular weight is 258 g/mol. The van der Waals surface area contributed by atoms with Crippen LogP contribution in [-0.4, -0.2) is 48.6 Å². The molecular formula is C12H18O6. The van der Waals surface area contributed by atoms with E-state index in [0.29, 0.717) is 6.61 Å². The van der Waals surface area contributed by atoms with E-state index in [4.69, 9.17) is 23.7 Å². The van der Waals surface area contributed by atoms with E-state index in [1.165, 1.54) is 0 Å². The Hall–Kier alpha value is -0.690. The van der Waals surface area contributed by atoms with Crippen LogP contribution in [0.3, 0.4) is 0 Å². The number of esters is 1. The lowest BCUT2D eigenvalue weighted by Crippen LogP contribution is -2.40. The minimum absolute atomic E-state index is 0.309. The molecule has 3 rings (SSSR count). The van der Waals surface area contributed by atoms with Crippen LogP contribution in [0.4, 0.5) is 0 Å². The Morgan fingerprint density at radius 2 is 1.72 bits per heavy atom. The first-order valence-electron chi connectivity index (χ1n) is 6.15. The first-order valence-corrected chi connectivity index (χ1v) is 6.15. The highest BCUT2D eigenvalue weighted by atomic mass is 16.8. The minimum Gasteiger partial charge on any atom is -0.455 e. The Morgan fingerprint density at radius 3 is 2.33 bits per heavy atom. The van der Waals surface area contributed by atoms with Crippen LogP contribution in [0.5, 0.6) is 0 Å². The van der Waals surface area contributed by atoms with Gasteiger partial charge in [-0.2, -0.15) is 0 Å². The molecule has 3 aliphatic rings. The summed E-state index contributed by atoms with van der Waals surface area (Å²) in [5, 5.41) is 0. The maximum absolute atomic E-state index is 11.7. The predicted molar refractivity (Wildman–Crippen MR) is 58.6 cm³/mol. The lowest BCUT2D eigenvalue weighted by molar-refractivity contribution is -0.200. The average Bonchev–Trinajstić information content (AvgIpc) is 2.81. The smallest absolute Gasteiger partial charge is 0.338 e. The third-order valence-electron chi connectivity index (χ3n) is 3.33. The number of carbonyl (C=O) groups is 1. The monoisotopic (exact) mass is 258 g/mol. The van der Waals surface area contributed by atoms with Crippen molar-refractivity contribution in [2.24, 2.45) is 0 Å². The number of hydrogen-bond acceptors (Lipinski definition) is 6. The maximum Gasteiger partial charge on any atom is 0.338 e. The Bertz CT molecular complexity index is 377. The molecule has 0 bridgehead atoms. The van der Waals surface area contributed by atoms with Crippen LogP contribution in [0.15, 0.2) is 0 Å². The van der Waals surface area contributed by atoms with Crippen molar-refractivity contribution in [1.29, 1.82) is 0 Å². The molecule has 0 spiro atoms.